The molecule has 1 fully saturated rings. The fourth-order valence-corrected chi connectivity index (χ4v) is 2.94. The summed E-state index contributed by atoms with van der Waals surface area (Å²) in [5.41, 5.74) is 3.43. The van der Waals surface area contributed by atoms with Crippen LogP contribution in [0, 0.1) is 12.3 Å². The van der Waals surface area contributed by atoms with E-state index in [0.29, 0.717) is 11.0 Å². The Bertz CT molecular complexity index is 787. The number of hydrogen-bond donors (Lipinski definition) is 3. The van der Waals surface area contributed by atoms with Crippen molar-refractivity contribution >= 4 is 36.3 Å². The van der Waals surface area contributed by atoms with E-state index in [2.05, 4.69) is 15.9 Å². The van der Waals surface area contributed by atoms with Gasteiger partial charge in [0.1, 0.15) is 25.5 Å². The van der Waals surface area contributed by atoms with E-state index in [1.807, 2.05) is 0 Å². The Hall–Kier alpha value is -1.79. The van der Waals surface area contributed by atoms with Crippen molar-refractivity contribution in [2.24, 2.45) is 0 Å². The molecule has 114 valence electrons. The zero-order valence-corrected chi connectivity index (χ0v) is 12.6. The summed E-state index contributed by atoms with van der Waals surface area (Å²) in [6, 6.07) is 1.73. The van der Waals surface area contributed by atoms with Gasteiger partial charge in [-0.2, -0.15) is 4.98 Å². The number of aromatic nitrogens is 3. The number of halogens is 1. The lowest BCUT2D eigenvalue weighted by molar-refractivity contribution is -0.100. The highest BCUT2D eigenvalue weighted by Crippen LogP contribution is 2.43. The third-order valence-corrected chi connectivity index (χ3v) is 4.29. The maximum atomic E-state index is 10.5. The van der Waals surface area contributed by atoms with Crippen LogP contribution >= 0.6 is 11.6 Å². The quantitative estimate of drug-likeness (QED) is 0.383. The molecule has 0 unspecified atom stereocenters. The summed E-state index contributed by atoms with van der Waals surface area (Å²) >= 11 is 5.85. The molecule has 22 heavy (non-hydrogen) atoms. The van der Waals surface area contributed by atoms with Gasteiger partial charge in [0.05, 0.1) is 17.5 Å². The van der Waals surface area contributed by atoms with E-state index in [1.54, 1.807) is 16.8 Å². The Labute approximate surface area is 132 Å². The molecule has 4 N–H and O–H groups in total. The lowest BCUT2D eigenvalue weighted by Gasteiger charge is -2.31. The van der Waals surface area contributed by atoms with Crippen LogP contribution in [0.5, 0.6) is 0 Å². The van der Waals surface area contributed by atoms with Crippen molar-refractivity contribution in [3.05, 3.63) is 17.5 Å². The third-order valence-electron chi connectivity index (χ3n) is 4.12. The number of aliphatic hydroxyl groups is 2. The molecule has 0 spiro atoms. The molecule has 0 radical (unpaired) electrons. The Morgan fingerprint density at radius 3 is 2.95 bits per heavy atom. The smallest absolute Gasteiger partial charge is 0.226 e. The number of nitrogens with two attached hydrogens (primary N) is 1. The molecule has 2 aromatic rings. The van der Waals surface area contributed by atoms with Gasteiger partial charge in [-0.25, -0.2) is 4.98 Å². The molecular weight excluding hydrogens is 306 g/mol. The maximum absolute atomic E-state index is 10.5. The predicted molar refractivity (Wildman–Crippen MR) is 83.8 cm³/mol. The number of fused-ring (bicyclic) bond motifs is 1. The van der Waals surface area contributed by atoms with Gasteiger partial charge in [0, 0.05) is 12.6 Å². The summed E-state index contributed by atoms with van der Waals surface area (Å²) in [6.45, 7) is -0.496. The first-order chi connectivity index (χ1) is 10.3. The molecule has 0 amide bonds. The third kappa shape index (κ3) is 1.98. The van der Waals surface area contributed by atoms with Crippen molar-refractivity contribution in [1.29, 1.82) is 0 Å². The highest BCUT2D eigenvalue weighted by atomic mass is 35.5. The fourth-order valence-electron chi connectivity index (χ4n) is 2.76. The van der Waals surface area contributed by atoms with Crippen LogP contribution in [-0.4, -0.2) is 50.3 Å². The largest absolute Gasteiger partial charge is 0.395 e. The van der Waals surface area contributed by atoms with Crippen LogP contribution in [0.2, 0.25) is 5.28 Å². The molecule has 3 rings (SSSR count). The Morgan fingerprint density at radius 1 is 1.64 bits per heavy atom. The summed E-state index contributed by atoms with van der Waals surface area (Å²) in [5, 5.41) is 20.7. The number of nitrogens with zero attached hydrogens (tertiary/aromatic N) is 3. The topological polar surface area (TPSA) is 106 Å². The first-order valence-corrected chi connectivity index (χ1v) is 7.00. The number of anilines is 1. The number of ether oxygens (including phenoxy) is 1. The molecular formula is C13H14BClN4O3. The molecule has 0 aliphatic carbocycles. The number of hydrogen-bond acceptors (Lipinski definition) is 6. The molecule has 0 aromatic carbocycles. The normalized spacial score (nSPS) is 31.5. The van der Waals surface area contributed by atoms with Gasteiger partial charge in [-0.15, -0.1) is 6.42 Å². The fraction of sp³-hybridized carbons (Fsp3) is 0.385. The van der Waals surface area contributed by atoms with Crippen molar-refractivity contribution in [1.82, 2.24) is 14.5 Å². The number of aliphatic hydroxyl groups excluding tert-OH is 1. The van der Waals surface area contributed by atoms with Gasteiger partial charge >= 0.3 is 0 Å². The number of nitrogen functional groups attached to an aromatic ring is 1. The van der Waals surface area contributed by atoms with Crippen LogP contribution in [0.3, 0.4) is 0 Å². The van der Waals surface area contributed by atoms with Gasteiger partial charge in [-0.1, -0.05) is 5.92 Å². The highest BCUT2D eigenvalue weighted by molar-refractivity contribution is 6.28. The minimum absolute atomic E-state index is 0.0140. The van der Waals surface area contributed by atoms with Gasteiger partial charge in [-0.05, 0) is 17.7 Å². The van der Waals surface area contributed by atoms with Gasteiger partial charge in [0.2, 0.25) is 5.28 Å². The van der Waals surface area contributed by atoms with Crippen LogP contribution in [0.1, 0.15) is 12.6 Å². The van der Waals surface area contributed by atoms with E-state index >= 15 is 0 Å². The summed E-state index contributed by atoms with van der Waals surface area (Å²) in [5.74, 6) is 2.61. The summed E-state index contributed by atoms with van der Waals surface area (Å²) in [6.07, 6.45) is 6.74. The van der Waals surface area contributed by atoms with Crippen molar-refractivity contribution in [3.8, 4) is 12.3 Å². The minimum atomic E-state index is -1.48. The van der Waals surface area contributed by atoms with Gasteiger partial charge in [-0.3, -0.25) is 0 Å². The van der Waals surface area contributed by atoms with Crippen molar-refractivity contribution in [3.63, 3.8) is 0 Å². The molecule has 2 aromatic heterocycles. The van der Waals surface area contributed by atoms with Crippen molar-refractivity contribution in [2.45, 2.75) is 23.8 Å². The van der Waals surface area contributed by atoms with E-state index in [1.165, 1.54) is 7.85 Å². The summed E-state index contributed by atoms with van der Waals surface area (Å²) in [4.78, 5) is 8.04. The molecule has 0 bridgehead atoms. The number of terminal acetylenes is 1. The summed E-state index contributed by atoms with van der Waals surface area (Å²) < 4.78 is 7.45. The Kier molecular flexibility index (Phi) is 3.34. The van der Waals surface area contributed by atoms with Gasteiger partial charge < -0.3 is 25.3 Å². The van der Waals surface area contributed by atoms with Crippen molar-refractivity contribution in [2.75, 3.05) is 12.3 Å². The number of rotatable bonds is 2. The van der Waals surface area contributed by atoms with Gasteiger partial charge in [0.15, 0.2) is 5.60 Å². The standard InChI is InChI=1S/C13H14BClN4O3/c1-2-12(6-20)13(14,21)5-8(22-12)19-4-3-7-9(16)17-11(15)18-10(7)19/h1,3-4,8,20-21H,5-6,14H2,(H2,16,17,18)/t8-,12-,13+/m1/s1. The Balaban J connectivity index is 2.09. The first-order valence-electron chi connectivity index (χ1n) is 6.62. The molecule has 1 aliphatic heterocycles. The predicted octanol–water partition coefficient (Wildman–Crippen LogP) is -0.728. The molecule has 9 heteroatoms. The molecule has 0 saturated carbocycles. The lowest BCUT2D eigenvalue weighted by Crippen LogP contribution is -2.53. The summed E-state index contributed by atoms with van der Waals surface area (Å²) in [7, 11) is 1.53. The van der Waals surface area contributed by atoms with Crippen molar-refractivity contribution < 1.29 is 14.9 Å². The van der Waals surface area contributed by atoms with E-state index in [9.17, 15) is 10.2 Å². The second-order valence-corrected chi connectivity index (χ2v) is 5.86. The van der Waals surface area contributed by atoms with Crippen LogP contribution in [0.25, 0.3) is 11.0 Å². The minimum Gasteiger partial charge on any atom is -0.395 e. The first kappa shape index (κ1) is 15.1. The maximum Gasteiger partial charge on any atom is 0.226 e. The molecule has 3 atom stereocenters. The zero-order chi connectivity index (χ0) is 16.1. The average Bonchev–Trinajstić information content (AvgIpc) is 2.97. The van der Waals surface area contributed by atoms with Crippen LogP contribution in [0.4, 0.5) is 5.82 Å². The van der Waals surface area contributed by atoms with E-state index in [4.69, 9.17) is 28.5 Å². The highest BCUT2D eigenvalue weighted by Gasteiger charge is 2.55. The molecule has 1 saturated heterocycles. The van der Waals surface area contributed by atoms with Crippen LogP contribution in [0.15, 0.2) is 12.3 Å². The second kappa shape index (κ2) is 4.86. The van der Waals surface area contributed by atoms with E-state index in [0.717, 1.165) is 0 Å². The second-order valence-electron chi connectivity index (χ2n) is 5.52. The van der Waals surface area contributed by atoms with E-state index < -0.39 is 23.9 Å². The average molecular weight is 321 g/mol. The molecule has 3 heterocycles. The lowest BCUT2D eigenvalue weighted by atomic mass is 9.68. The Morgan fingerprint density at radius 2 is 2.36 bits per heavy atom. The van der Waals surface area contributed by atoms with E-state index in [-0.39, 0.29) is 17.5 Å². The molecule has 1 aliphatic rings. The molecule has 7 nitrogen and oxygen atoms in total. The SMILES string of the molecule is B[C@]1(O)C[C@H](n2ccc3c(N)nc(Cl)nc32)O[C@]1(C#C)CO. The van der Waals surface area contributed by atoms with Gasteiger partial charge in [0.25, 0.3) is 0 Å². The van der Waals surface area contributed by atoms with Crippen LogP contribution in [-0.2, 0) is 4.74 Å². The van der Waals surface area contributed by atoms with Crippen LogP contribution < -0.4 is 5.73 Å². The zero-order valence-electron chi connectivity index (χ0n) is 11.8. The monoisotopic (exact) mass is 320 g/mol.